The molecular weight excluding hydrogens is 228 g/mol. The van der Waals surface area contributed by atoms with Crippen molar-refractivity contribution in [2.75, 3.05) is 19.8 Å². The SMILES string of the molecule is CC/C=C/C=C\C(CC(OCC)OCC)OCC. The Kier molecular flexibility index (Phi) is 12.4. The highest BCUT2D eigenvalue weighted by Crippen LogP contribution is 2.10. The summed E-state index contributed by atoms with van der Waals surface area (Å²) in [5.74, 6) is 0. The molecule has 0 aliphatic heterocycles. The Morgan fingerprint density at radius 2 is 1.44 bits per heavy atom. The predicted molar refractivity (Wildman–Crippen MR) is 75.6 cm³/mol. The summed E-state index contributed by atoms with van der Waals surface area (Å²) in [5, 5.41) is 0. The lowest BCUT2D eigenvalue weighted by Crippen LogP contribution is -2.24. The Labute approximate surface area is 112 Å². The largest absolute Gasteiger partial charge is 0.374 e. The first-order chi connectivity index (χ1) is 8.78. The van der Waals surface area contributed by atoms with Gasteiger partial charge in [-0.05, 0) is 27.2 Å². The second-order valence-electron chi connectivity index (χ2n) is 3.79. The van der Waals surface area contributed by atoms with E-state index in [1.807, 2.05) is 32.9 Å². The van der Waals surface area contributed by atoms with Gasteiger partial charge in [-0.15, -0.1) is 0 Å². The van der Waals surface area contributed by atoms with Gasteiger partial charge in [0.15, 0.2) is 6.29 Å². The molecule has 0 radical (unpaired) electrons. The molecule has 0 saturated heterocycles. The Morgan fingerprint density at radius 1 is 0.833 bits per heavy atom. The van der Waals surface area contributed by atoms with E-state index in [0.29, 0.717) is 19.8 Å². The number of hydrogen-bond acceptors (Lipinski definition) is 3. The summed E-state index contributed by atoms with van der Waals surface area (Å²) < 4.78 is 16.7. The minimum Gasteiger partial charge on any atom is -0.374 e. The van der Waals surface area contributed by atoms with Crippen LogP contribution in [0.25, 0.3) is 0 Å². The number of rotatable bonds is 11. The molecule has 0 aromatic carbocycles. The molecule has 0 fully saturated rings. The molecule has 0 aliphatic carbocycles. The molecule has 0 aliphatic rings. The van der Waals surface area contributed by atoms with Gasteiger partial charge in [-0.1, -0.05) is 31.2 Å². The summed E-state index contributed by atoms with van der Waals surface area (Å²) in [6.07, 6.45) is 9.87. The van der Waals surface area contributed by atoms with Crippen molar-refractivity contribution in [3.05, 3.63) is 24.3 Å². The fourth-order valence-electron chi connectivity index (χ4n) is 1.56. The monoisotopic (exact) mass is 256 g/mol. The summed E-state index contributed by atoms with van der Waals surface area (Å²) in [4.78, 5) is 0. The quantitative estimate of drug-likeness (QED) is 0.417. The lowest BCUT2D eigenvalue weighted by Gasteiger charge is -2.21. The fourth-order valence-corrected chi connectivity index (χ4v) is 1.56. The molecule has 0 rings (SSSR count). The van der Waals surface area contributed by atoms with Gasteiger partial charge in [0.05, 0.1) is 6.10 Å². The van der Waals surface area contributed by atoms with E-state index in [1.54, 1.807) is 0 Å². The van der Waals surface area contributed by atoms with Crippen LogP contribution in [0.15, 0.2) is 24.3 Å². The van der Waals surface area contributed by atoms with Gasteiger partial charge in [0.1, 0.15) is 0 Å². The highest BCUT2D eigenvalue weighted by Gasteiger charge is 2.14. The molecule has 0 aromatic heterocycles. The first-order valence-electron chi connectivity index (χ1n) is 6.96. The molecule has 3 heteroatoms. The number of ether oxygens (including phenoxy) is 3. The molecule has 1 atom stereocenters. The van der Waals surface area contributed by atoms with Crippen molar-refractivity contribution in [2.24, 2.45) is 0 Å². The van der Waals surface area contributed by atoms with Crippen molar-refractivity contribution < 1.29 is 14.2 Å². The minimum atomic E-state index is -0.184. The standard InChI is InChI=1S/C15H28O3/c1-5-9-10-11-12-14(16-6-2)13-15(17-7-3)18-8-4/h9-12,14-15H,5-8,13H2,1-4H3/b10-9+,12-11-. The van der Waals surface area contributed by atoms with Gasteiger partial charge >= 0.3 is 0 Å². The Balaban J connectivity index is 4.28. The van der Waals surface area contributed by atoms with E-state index in [0.717, 1.165) is 12.8 Å². The van der Waals surface area contributed by atoms with Crippen molar-refractivity contribution in [2.45, 2.75) is 52.9 Å². The van der Waals surface area contributed by atoms with Gasteiger partial charge in [0, 0.05) is 26.2 Å². The zero-order valence-corrected chi connectivity index (χ0v) is 12.2. The van der Waals surface area contributed by atoms with E-state index >= 15 is 0 Å². The maximum absolute atomic E-state index is 5.66. The minimum absolute atomic E-state index is 0.0413. The van der Waals surface area contributed by atoms with Gasteiger partial charge < -0.3 is 14.2 Å². The van der Waals surface area contributed by atoms with Gasteiger partial charge in [-0.3, -0.25) is 0 Å². The van der Waals surface area contributed by atoms with Crippen LogP contribution in [0, 0.1) is 0 Å². The Morgan fingerprint density at radius 3 is 1.94 bits per heavy atom. The van der Waals surface area contributed by atoms with Crippen LogP contribution in [0.3, 0.4) is 0 Å². The van der Waals surface area contributed by atoms with Crippen LogP contribution < -0.4 is 0 Å². The van der Waals surface area contributed by atoms with Crippen LogP contribution in [0.1, 0.15) is 40.5 Å². The van der Waals surface area contributed by atoms with E-state index in [-0.39, 0.29) is 12.4 Å². The summed E-state index contributed by atoms with van der Waals surface area (Å²) in [6.45, 7) is 10.1. The second kappa shape index (κ2) is 12.8. The third-order valence-electron chi connectivity index (χ3n) is 2.32. The summed E-state index contributed by atoms with van der Waals surface area (Å²) in [7, 11) is 0. The van der Waals surface area contributed by atoms with Gasteiger partial charge in [-0.2, -0.15) is 0 Å². The fraction of sp³-hybridized carbons (Fsp3) is 0.733. The Hall–Kier alpha value is -0.640. The summed E-state index contributed by atoms with van der Waals surface area (Å²) in [5.41, 5.74) is 0. The molecule has 0 amide bonds. The molecule has 0 N–H and O–H groups in total. The van der Waals surface area contributed by atoms with Crippen LogP contribution in [0.2, 0.25) is 0 Å². The predicted octanol–water partition coefficient (Wildman–Crippen LogP) is 3.70. The topological polar surface area (TPSA) is 27.7 Å². The van der Waals surface area contributed by atoms with Crippen molar-refractivity contribution in [1.29, 1.82) is 0 Å². The normalized spacial score (nSPS) is 14.1. The summed E-state index contributed by atoms with van der Waals surface area (Å²) in [6, 6.07) is 0. The number of allylic oxidation sites excluding steroid dienone is 3. The van der Waals surface area contributed by atoms with Gasteiger partial charge in [-0.25, -0.2) is 0 Å². The first-order valence-corrected chi connectivity index (χ1v) is 6.96. The number of hydrogen-bond donors (Lipinski definition) is 0. The molecule has 3 nitrogen and oxygen atoms in total. The summed E-state index contributed by atoms with van der Waals surface area (Å²) >= 11 is 0. The smallest absolute Gasteiger partial charge is 0.160 e. The molecule has 18 heavy (non-hydrogen) atoms. The van der Waals surface area contributed by atoms with Crippen LogP contribution in [-0.4, -0.2) is 32.2 Å². The first kappa shape index (κ1) is 17.4. The lowest BCUT2D eigenvalue weighted by molar-refractivity contribution is -0.152. The van der Waals surface area contributed by atoms with E-state index < -0.39 is 0 Å². The molecular formula is C15H28O3. The third-order valence-corrected chi connectivity index (χ3v) is 2.32. The van der Waals surface area contributed by atoms with Crippen molar-refractivity contribution in [3.8, 4) is 0 Å². The Bertz CT molecular complexity index is 218. The van der Waals surface area contributed by atoms with Crippen molar-refractivity contribution in [3.63, 3.8) is 0 Å². The second-order valence-corrected chi connectivity index (χ2v) is 3.79. The molecule has 0 bridgehead atoms. The van der Waals surface area contributed by atoms with Crippen LogP contribution in [-0.2, 0) is 14.2 Å². The van der Waals surface area contributed by atoms with Crippen LogP contribution in [0.5, 0.6) is 0 Å². The third kappa shape index (κ3) is 9.40. The van der Waals surface area contributed by atoms with E-state index in [4.69, 9.17) is 14.2 Å². The average Bonchev–Trinajstić information content (AvgIpc) is 2.35. The maximum Gasteiger partial charge on any atom is 0.160 e. The molecule has 0 aromatic rings. The molecule has 0 heterocycles. The van der Waals surface area contributed by atoms with E-state index in [9.17, 15) is 0 Å². The van der Waals surface area contributed by atoms with E-state index in [2.05, 4.69) is 19.1 Å². The molecule has 106 valence electrons. The average molecular weight is 256 g/mol. The van der Waals surface area contributed by atoms with Crippen molar-refractivity contribution in [1.82, 2.24) is 0 Å². The highest BCUT2D eigenvalue weighted by atomic mass is 16.7. The van der Waals surface area contributed by atoms with Crippen LogP contribution >= 0.6 is 0 Å². The zero-order chi connectivity index (χ0) is 13.6. The lowest BCUT2D eigenvalue weighted by atomic mass is 10.2. The zero-order valence-electron chi connectivity index (χ0n) is 12.2. The van der Waals surface area contributed by atoms with Crippen LogP contribution in [0.4, 0.5) is 0 Å². The van der Waals surface area contributed by atoms with E-state index in [1.165, 1.54) is 0 Å². The van der Waals surface area contributed by atoms with Crippen molar-refractivity contribution >= 4 is 0 Å². The maximum atomic E-state index is 5.66. The molecule has 1 unspecified atom stereocenters. The highest BCUT2D eigenvalue weighted by molar-refractivity contribution is 5.04. The molecule has 0 spiro atoms. The molecule has 0 saturated carbocycles. The van der Waals surface area contributed by atoms with Gasteiger partial charge in [0.2, 0.25) is 0 Å². The van der Waals surface area contributed by atoms with Gasteiger partial charge in [0.25, 0.3) is 0 Å².